The van der Waals surface area contributed by atoms with Crippen molar-refractivity contribution in [3.8, 4) is 17.6 Å². The van der Waals surface area contributed by atoms with Crippen molar-refractivity contribution >= 4 is 29.3 Å². The smallest absolute Gasteiger partial charge is 0.387 e. The second-order valence-electron chi connectivity index (χ2n) is 5.37. The van der Waals surface area contributed by atoms with Crippen molar-refractivity contribution in [3.63, 3.8) is 0 Å². The van der Waals surface area contributed by atoms with Gasteiger partial charge in [0, 0.05) is 11.1 Å². The molecule has 0 aliphatic heterocycles. The van der Waals surface area contributed by atoms with Crippen molar-refractivity contribution in [3.05, 3.63) is 58.1 Å². The van der Waals surface area contributed by atoms with Gasteiger partial charge in [0.1, 0.15) is 23.1 Å². The number of carbonyl (C=O) groups excluding carboxylic acids is 1. The predicted octanol–water partition coefficient (Wildman–Crippen LogP) is 4.80. The fourth-order valence-corrected chi connectivity index (χ4v) is 2.33. The van der Waals surface area contributed by atoms with Crippen molar-refractivity contribution in [2.75, 3.05) is 12.4 Å². The van der Waals surface area contributed by atoms with Gasteiger partial charge >= 0.3 is 6.61 Å². The minimum Gasteiger partial charge on any atom is -0.495 e. The molecule has 0 aromatic heterocycles. The van der Waals surface area contributed by atoms with E-state index in [-0.39, 0.29) is 11.3 Å². The lowest BCUT2D eigenvalue weighted by Crippen LogP contribution is -2.14. The highest BCUT2D eigenvalue weighted by molar-refractivity contribution is 6.31. The lowest BCUT2D eigenvalue weighted by atomic mass is 10.1. The van der Waals surface area contributed by atoms with E-state index in [0.29, 0.717) is 22.0 Å². The summed E-state index contributed by atoms with van der Waals surface area (Å²) in [6.45, 7) is -1.16. The van der Waals surface area contributed by atoms with Crippen molar-refractivity contribution in [2.45, 2.75) is 13.5 Å². The van der Waals surface area contributed by atoms with Gasteiger partial charge in [-0.2, -0.15) is 14.0 Å². The molecule has 0 saturated carbocycles. The molecule has 0 unspecified atom stereocenters. The third-order valence-electron chi connectivity index (χ3n) is 3.51. The Hall–Kier alpha value is -3.11. The minimum atomic E-state index is -2.93. The Bertz CT molecular complexity index is 906. The van der Waals surface area contributed by atoms with E-state index in [0.717, 1.165) is 5.56 Å². The number of aryl methyl sites for hydroxylation is 1. The summed E-state index contributed by atoms with van der Waals surface area (Å²) in [5, 5.41) is 12.4. The van der Waals surface area contributed by atoms with E-state index < -0.39 is 12.5 Å². The fourth-order valence-electron chi connectivity index (χ4n) is 2.18. The number of hydrogen-bond acceptors (Lipinski definition) is 4. The molecule has 0 atom stereocenters. The van der Waals surface area contributed by atoms with Gasteiger partial charge in [-0.05, 0) is 42.3 Å². The first kappa shape index (κ1) is 20.2. The number of amides is 1. The number of alkyl halides is 2. The van der Waals surface area contributed by atoms with Gasteiger partial charge in [0.25, 0.3) is 5.91 Å². The van der Waals surface area contributed by atoms with E-state index in [1.165, 1.54) is 37.5 Å². The zero-order chi connectivity index (χ0) is 20.0. The number of ether oxygens (including phenoxy) is 2. The fraction of sp³-hybridized carbons (Fsp3) is 0.158. The number of halogens is 3. The molecule has 8 heteroatoms. The topological polar surface area (TPSA) is 71.3 Å². The maximum absolute atomic E-state index is 12.4. The summed E-state index contributed by atoms with van der Waals surface area (Å²) in [7, 11) is 1.43. The van der Waals surface area contributed by atoms with Crippen LogP contribution in [0.25, 0.3) is 6.08 Å². The van der Waals surface area contributed by atoms with Gasteiger partial charge in [0.15, 0.2) is 0 Å². The second-order valence-corrected chi connectivity index (χ2v) is 5.78. The van der Waals surface area contributed by atoms with Crippen LogP contribution in [-0.2, 0) is 4.79 Å². The Balaban J connectivity index is 2.22. The van der Waals surface area contributed by atoms with Gasteiger partial charge in [0.05, 0.1) is 12.8 Å². The molecule has 2 rings (SSSR count). The van der Waals surface area contributed by atoms with Gasteiger partial charge in [-0.15, -0.1) is 0 Å². The van der Waals surface area contributed by atoms with Crippen LogP contribution in [0.3, 0.4) is 0 Å². The summed E-state index contributed by atoms with van der Waals surface area (Å²) in [6.07, 6.45) is 1.33. The van der Waals surface area contributed by atoms with Crippen LogP contribution in [0.1, 0.15) is 11.1 Å². The van der Waals surface area contributed by atoms with Crippen LogP contribution in [0.4, 0.5) is 14.5 Å². The zero-order valence-electron chi connectivity index (χ0n) is 14.4. The molecule has 0 bridgehead atoms. The average molecular weight is 393 g/mol. The molecule has 0 aliphatic carbocycles. The Morgan fingerprint density at radius 2 is 1.96 bits per heavy atom. The average Bonchev–Trinajstić information content (AvgIpc) is 2.63. The molecular formula is C19H15ClF2N2O3. The van der Waals surface area contributed by atoms with Crippen LogP contribution in [0.15, 0.2) is 42.0 Å². The molecule has 2 aromatic carbocycles. The minimum absolute atomic E-state index is 0.0218. The number of carbonyl (C=O) groups is 1. The third kappa shape index (κ3) is 5.43. The number of rotatable bonds is 6. The van der Waals surface area contributed by atoms with Crippen molar-refractivity contribution in [1.82, 2.24) is 0 Å². The molecule has 0 spiro atoms. The van der Waals surface area contributed by atoms with Crippen LogP contribution in [-0.4, -0.2) is 19.6 Å². The van der Waals surface area contributed by atoms with E-state index >= 15 is 0 Å². The summed E-state index contributed by atoms with van der Waals surface area (Å²) in [5.74, 6) is -0.318. The van der Waals surface area contributed by atoms with E-state index in [1.807, 2.05) is 6.07 Å². The first-order chi connectivity index (χ1) is 12.8. The maximum atomic E-state index is 12.4. The number of nitrogens with one attached hydrogen (secondary N) is 1. The highest BCUT2D eigenvalue weighted by atomic mass is 35.5. The number of nitriles is 1. The lowest BCUT2D eigenvalue weighted by molar-refractivity contribution is -0.112. The van der Waals surface area contributed by atoms with Gasteiger partial charge in [-0.25, -0.2) is 0 Å². The molecule has 0 saturated heterocycles. The van der Waals surface area contributed by atoms with Crippen molar-refractivity contribution < 1.29 is 23.0 Å². The van der Waals surface area contributed by atoms with E-state index in [2.05, 4.69) is 10.1 Å². The second kappa shape index (κ2) is 9.01. The van der Waals surface area contributed by atoms with E-state index in [9.17, 15) is 18.8 Å². The molecule has 27 heavy (non-hydrogen) atoms. The number of nitrogens with zero attached hydrogens (tertiary/aromatic N) is 1. The summed E-state index contributed by atoms with van der Waals surface area (Å²) >= 11 is 6.03. The van der Waals surface area contributed by atoms with Gasteiger partial charge in [-0.1, -0.05) is 23.7 Å². The molecule has 0 heterocycles. The van der Waals surface area contributed by atoms with Crippen LogP contribution in [0.2, 0.25) is 5.02 Å². The molecule has 0 aliphatic rings. The Kier molecular flexibility index (Phi) is 6.74. The highest BCUT2D eigenvalue weighted by Crippen LogP contribution is 2.31. The quantitative estimate of drug-likeness (QED) is 0.566. The van der Waals surface area contributed by atoms with Crippen molar-refractivity contribution in [2.24, 2.45) is 0 Å². The zero-order valence-corrected chi connectivity index (χ0v) is 15.2. The summed E-state index contributed by atoms with van der Waals surface area (Å²) in [5.41, 5.74) is 1.39. The van der Waals surface area contributed by atoms with Crippen LogP contribution in [0.5, 0.6) is 11.5 Å². The van der Waals surface area contributed by atoms with Crippen LogP contribution in [0, 0.1) is 18.3 Å². The highest BCUT2D eigenvalue weighted by Gasteiger charge is 2.14. The SMILES string of the molecule is COc1cc(Cl)c(C)cc1NC(=O)/C(C#N)=C/c1ccc(OC(F)F)cc1. The Morgan fingerprint density at radius 3 is 2.52 bits per heavy atom. The van der Waals surface area contributed by atoms with Crippen LogP contribution < -0.4 is 14.8 Å². The molecule has 5 nitrogen and oxygen atoms in total. The molecular weight excluding hydrogens is 378 g/mol. The van der Waals surface area contributed by atoms with E-state index in [4.69, 9.17) is 16.3 Å². The molecule has 0 radical (unpaired) electrons. The largest absolute Gasteiger partial charge is 0.495 e. The molecule has 140 valence electrons. The summed E-state index contributed by atoms with van der Waals surface area (Å²) in [4.78, 5) is 12.4. The normalized spacial score (nSPS) is 11.1. The molecule has 2 aromatic rings. The number of methoxy groups -OCH3 is 1. The lowest BCUT2D eigenvalue weighted by Gasteiger charge is -2.12. The standard InChI is InChI=1S/C19H15ClF2N2O3/c1-11-7-16(17(26-2)9-15(11)20)24-18(25)13(10-23)8-12-3-5-14(6-4-12)27-19(21)22/h3-9,19H,1-2H3,(H,24,25)/b13-8+. The summed E-state index contributed by atoms with van der Waals surface area (Å²) in [6, 6.07) is 10.5. The first-order valence-electron chi connectivity index (χ1n) is 7.66. The Morgan fingerprint density at radius 1 is 1.30 bits per heavy atom. The number of benzene rings is 2. The van der Waals surface area contributed by atoms with Gasteiger partial charge in [-0.3, -0.25) is 4.79 Å². The van der Waals surface area contributed by atoms with Crippen LogP contribution >= 0.6 is 11.6 Å². The Labute approximate surface area is 159 Å². The van der Waals surface area contributed by atoms with Gasteiger partial charge in [0.2, 0.25) is 0 Å². The summed E-state index contributed by atoms with van der Waals surface area (Å²) < 4.78 is 33.8. The number of anilines is 1. The van der Waals surface area contributed by atoms with Crippen molar-refractivity contribution in [1.29, 1.82) is 5.26 Å². The third-order valence-corrected chi connectivity index (χ3v) is 3.92. The maximum Gasteiger partial charge on any atom is 0.387 e. The predicted molar refractivity (Wildman–Crippen MR) is 98.0 cm³/mol. The monoisotopic (exact) mass is 392 g/mol. The molecule has 1 amide bonds. The molecule has 1 N–H and O–H groups in total. The molecule has 0 fully saturated rings. The first-order valence-corrected chi connectivity index (χ1v) is 8.04. The van der Waals surface area contributed by atoms with E-state index in [1.54, 1.807) is 19.1 Å². The number of hydrogen-bond donors (Lipinski definition) is 1. The van der Waals surface area contributed by atoms with Gasteiger partial charge < -0.3 is 14.8 Å².